The van der Waals surface area contributed by atoms with Crippen molar-refractivity contribution in [2.24, 2.45) is 0 Å². The summed E-state index contributed by atoms with van der Waals surface area (Å²) in [6.45, 7) is 1.98. The number of halogens is 1. The molecule has 0 saturated heterocycles. The van der Waals surface area contributed by atoms with Crippen molar-refractivity contribution >= 4 is 35.0 Å². The SMILES string of the molecule is CCC(Sc1nc(-c2ccc(OC)cc2)c(-c2ccc(OC)cc2)[nH]1)C(=O)Nc1cccc(Cl)c1. The molecular formula is C27H26ClN3O3S. The van der Waals surface area contributed by atoms with Crippen LogP contribution in [-0.2, 0) is 4.79 Å². The highest BCUT2D eigenvalue weighted by molar-refractivity contribution is 8.00. The van der Waals surface area contributed by atoms with Crippen molar-refractivity contribution < 1.29 is 14.3 Å². The standard InChI is InChI=1S/C27H26ClN3O3S/c1-4-23(26(32)29-20-7-5-6-19(28)16-20)35-27-30-24(17-8-12-21(33-2)13-9-17)25(31-27)18-10-14-22(34-3)15-11-18/h5-16,23H,4H2,1-3H3,(H,29,32)(H,30,31). The van der Waals surface area contributed by atoms with Crippen LogP contribution in [0.2, 0.25) is 5.02 Å². The molecule has 2 N–H and O–H groups in total. The van der Waals surface area contributed by atoms with E-state index >= 15 is 0 Å². The molecule has 180 valence electrons. The highest BCUT2D eigenvalue weighted by Crippen LogP contribution is 2.36. The van der Waals surface area contributed by atoms with Crippen LogP contribution < -0.4 is 14.8 Å². The number of imidazole rings is 1. The minimum Gasteiger partial charge on any atom is -0.497 e. The Balaban J connectivity index is 1.64. The zero-order valence-electron chi connectivity index (χ0n) is 19.7. The fraction of sp³-hybridized carbons (Fsp3) is 0.185. The summed E-state index contributed by atoms with van der Waals surface area (Å²) in [5.41, 5.74) is 4.23. The van der Waals surface area contributed by atoms with Gasteiger partial charge in [-0.05, 0) is 73.2 Å². The molecule has 3 aromatic carbocycles. The number of hydrogen-bond acceptors (Lipinski definition) is 5. The van der Waals surface area contributed by atoms with E-state index in [0.717, 1.165) is 34.0 Å². The number of carbonyl (C=O) groups excluding carboxylic acids is 1. The van der Waals surface area contributed by atoms with E-state index < -0.39 is 0 Å². The number of ether oxygens (including phenoxy) is 2. The lowest BCUT2D eigenvalue weighted by Gasteiger charge is -2.13. The lowest BCUT2D eigenvalue weighted by molar-refractivity contribution is -0.115. The Hall–Kier alpha value is -3.42. The van der Waals surface area contributed by atoms with E-state index in [2.05, 4.69) is 10.3 Å². The molecule has 1 unspecified atom stereocenters. The topological polar surface area (TPSA) is 76.2 Å². The highest BCUT2D eigenvalue weighted by atomic mass is 35.5. The summed E-state index contributed by atoms with van der Waals surface area (Å²) in [5, 5.41) is 3.84. The molecule has 1 amide bonds. The average Bonchev–Trinajstić information content (AvgIpc) is 3.31. The van der Waals surface area contributed by atoms with Crippen molar-refractivity contribution in [1.29, 1.82) is 0 Å². The van der Waals surface area contributed by atoms with Crippen LogP contribution in [0.4, 0.5) is 5.69 Å². The Morgan fingerprint density at radius 2 is 1.63 bits per heavy atom. The molecule has 0 fully saturated rings. The second-order valence-electron chi connectivity index (χ2n) is 7.74. The first-order chi connectivity index (χ1) is 17.0. The van der Waals surface area contributed by atoms with Gasteiger partial charge in [0.15, 0.2) is 5.16 Å². The lowest BCUT2D eigenvalue weighted by atomic mass is 10.0. The number of nitrogens with zero attached hydrogens (tertiary/aromatic N) is 1. The molecule has 1 heterocycles. The van der Waals surface area contributed by atoms with Gasteiger partial charge in [0.05, 0.1) is 30.9 Å². The first-order valence-electron chi connectivity index (χ1n) is 11.1. The molecule has 1 atom stereocenters. The van der Waals surface area contributed by atoms with Crippen molar-refractivity contribution in [2.75, 3.05) is 19.5 Å². The molecule has 0 aliphatic rings. The Labute approximate surface area is 214 Å². The molecule has 0 bridgehead atoms. The average molecular weight is 508 g/mol. The van der Waals surface area contributed by atoms with Crippen LogP contribution in [0.5, 0.6) is 11.5 Å². The number of methoxy groups -OCH3 is 2. The van der Waals surface area contributed by atoms with E-state index in [0.29, 0.717) is 22.3 Å². The van der Waals surface area contributed by atoms with E-state index in [1.807, 2.05) is 61.5 Å². The molecule has 0 aliphatic heterocycles. The van der Waals surface area contributed by atoms with Crippen LogP contribution >= 0.6 is 23.4 Å². The van der Waals surface area contributed by atoms with Gasteiger partial charge in [0.25, 0.3) is 0 Å². The normalized spacial score (nSPS) is 11.7. The molecule has 8 heteroatoms. The maximum absolute atomic E-state index is 13.0. The largest absolute Gasteiger partial charge is 0.497 e. The van der Waals surface area contributed by atoms with Crippen molar-refractivity contribution in [3.63, 3.8) is 0 Å². The second kappa shape index (κ2) is 11.3. The van der Waals surface area contributed by atoms with Crippen molar-refractivity contribution in [3.05, 3.63) is 77.8 Å². The Morgan fingerprint density at radius 3 is 2.20 bits per heavy atom. The molecular weight excluding hydrogens is 482 g/mol. The fourth-order valence-electron chi connectivity index (χ4n) is 3.58. The maximum Gasteiger partial charge on any atom is 0.237 e. The number of anilines is 1. The molecule has 6 nitrogen and oxygen atoms in total. The molecule has 0 saturated carbocycles. The molecule has 4 aromatic rings. The number of rotatable bonds is 9. The third-order valence-electron chi connectivity index (χ3n) is 5.43. The summed E-state index contributed by atoms with van der Waals surface area (Å²) in [6.07, 6.45) is 0.632. The van der Waals surface area contributed by atoms with E-state index in [4.69, 9.17) is 26.1 Å². The summed E-state index contributed by atoms with van der Waals surface area (Å²) < 4.78 is 10.6. The van der Waals surface area contributed by atoms with Crippen LogP contribution in [0.25, 0.3) is 22.5 Å². The highest BCUT2D eigenvalue weighted by Gasteiger charge is 2.22. The van der Waals surface area contributed by atoms with Gasteiger partial charge >= 0.3 is 0 Å². The van der Waals surface area contributed by atoms with E-state index in [1.165, 1.54) is 11.8 Å². The third-order valence-corrected chi connectivity index (χ3v) is 6.92. The number of thioether (sulfide) groups is 1. The van der Waals surface area contributed by atoms with Gasteiger partial charge in [-0.1, -0.05) is 36.4 Å². The number of benzene rings is 3. The third kappa shape index (κ3) is 5.99. The van der Waals surface area contributed by atoms with Gasteiger partial charge in [-0.25, -0.2) is 4.98 Å². The summed E-state index contributed by atoms with van der Waals surface area (Å²) >= 11 is 7.46. The van der Waals surface area contributed by atoms with E-state index in [1.54, 1.807) is 32.4 Å². The monoisotopic (exact) mass is 507 g/mol. The Morgan fingerprint density at radius 1 is 1.00 bits per heavy atom. The number of hydrogen-bond donors (Lipinski definition) is 2. The maximum atomic E-state index is 13.0. The fourth-order valence-corrected chi connectivity index (χ4v) is 4.68. The first kappa shape index (κ1) is 24.7. The minimum absolute atomic E-state index is 0.104. The van der Waals surface area contributed by atoms with Crippen LogP contribution in [0.3, 0.4) is 0 Å². The number of carbonyl (C=O) groups is 1. The van der Waals surface area contributed by atoms with E-state index in [-0.39, 0.29) is 11.2 Å². The number of aromatic amines is 1. The number of nitrogens with one attached hydrogen (secondary N) is 2. The first-order valence-corrected chi connectivity index (χ1v) is 12.4. The predicted molar refractivity (Wildman–Crippen MR) is 143 cm³/mol. The summed E-state index contributed by atoms with van der Waals surface area (Å²) in [6, 6.07) is 22.7. The minimum atomic E-state index is -0.340. The van der Waals surface area contributed by atoms with Crippen molar-refractivity contribution in [3.8, 4) is 34.0 Å². The second-order valence-corrected chi connectivity index (χ2v) is 9.36. The number of H-pyrrole nitrogens is 1. The zero-order valence-corrected chi connectivity index (χ0v) is 21.2. The van der Waals surface area contributed by atoms with Gasteiger partial charge in [0, 0.05) is 21.8 Å². The predicted octanol–water partition coefficient (Wildman–Crippen LogP) is 6.92. The molecule has 1 aromatic heterocycles. The number of aromatic nitrogens is 2. The zero-order chi connectivity index (χ0) is 24.8. The molecule has 4 rings (SSSR count). The van der Waals surface area contributed by atoms with E-state index in [9.17, 15) is 4.79 Å². The molecule has 0 spiro atoms. The number of amides is 1. The van der Waals surface area contributed by atoms with Crippen molar-refractivity contribution in [2.45, 2.75) is 23.8 Å². The van der Waals surface area contributed by atoms with Crippen molar-refractivity contribution in [1.82, 2.24) is 9.97 Å². The van der Waals surface area contributed by atoms with Crippen LogP contribution in [0.15, 0.2) is 78.0 Å². The Kier molecular flexibility index (Phi) is 8.00. The Bertz CT molecular complexity index is 1230. The van der Waals surface area contributed by atoms with Gasteiger partial charge in [0.1, 0.15) is 11.5 Å². The quantitative estimate of drug-likeness (QED) is 0.240. The van der Waals surface area contributed by atoms with Crippen LogP contribution in [0, 0.1) is 0 Å². The van der Waals surface area contributed by atoms with Gasteiger partial charge in [-0.15, -0.1) is 0 Å². The lowest BCUT2D eigenvalue weighted by Crippen LogP contribution is -2.24. The summed E-state index contributed by atoms with van der Waals surface area (Å²) in [7, 11) is 3.28. The van der Waals surface area contributed by atoms with Gasteiger partial charge in [-0.3, -0.25) is 4.79 Å². The van der Waals surface area contributed by atoms with Gasteiger partial charge in [-0.2, -0.15) is 0 Å². The van der Waals surface area contributed by atoms with Crippen LogP contribution in [0.1, 0.15) is 13.3 Å². The van der Waals surface area contributed by atoms with Gasteiger partial charge < -0.3 is 19.8 Å². The summed E-state index contributed by atoms with van der Waals surface area (Å²) in [4.78, 5) is 21.3. The van der Waals surface area contributed by atoms with Gasteiger partial charge in [0.2, 0.25) is 5.91 Å². The van der Waals surface area contributed by atoms with Crippen LogP contribution in [-0.4, -0.2) is 35.3 Å². The summed E-state index contributed by atoms with van der Waals surface area (Å²) in [5.74, 6) is 1.44. The molecule has 0 aliphatic carbocycles. The smallest absolute Gasteiger partial charge is 0.237 e. The molecule has 35 heavy (non-hydrogen) atoms. The molecule has 0 radical (unpaired) electrons.